The number of hydrogen-bond donors (Lipinski definition) is 0. The zero-order valence-corrected chi connectivity index (χ0v) is 9.91. The highest BCUT2D eigenvalue weighted by atomic mass is 16.5. The van der Waals surface area contributed by atoms with Crippen molar-refractivity contribution in [1.82, 2.24) is 0 Å². The first-order chi connectivity index (χ1) is 7.54. The molecule has 0 bridgehead atoms. The van der Waals surface area contributed by atoms with Gasteiger partial charge >= 0.3 is 5.97 Å². The Morgan fingerprint density at radius 2 is 1.75 bits per heavy atom. The molecule has 1 aliphatic heterocycles. The fourth-order valence-electron chi connectivity index (χ4n) is 2.13. The highest BCUT2D eigenvalue weighted by molar-refractivity contribution is 5.90. The van der Waals surface area contributed by atoms with Gasteiger partial charge in [-0.3, -0.25) is 0 Å². The van der Waals surface area contributed by atoms with Gasteiger partial charge in [0, 0.05) is 12.0 Å². The maximum Gasteiger partial charge on any atom is 0.334 e. The fraction of sp³-hybridized carbons (Fsp3) is 0.357. The molecule has 1 aromatic rings. The molecule has 16 heavy (non-hydrogen) atoms. The Morgan fingerprint density at radius 3 is 2.25 bits per heavy atom. The van der Waals surface area contributed by atoms with Gasteiger partial charge in [-0.2, -0.15) is 0 Å². The smallest absolute Gasteiger partial charge is 0.334 e. The summed E-state index contributed by atoms with van der Waals surface area (Å²) in [6.07, 6.45) is 2.58. The van der Waals surface area contributed by atoms with E-state index >= 15 is 0 Å². The average Bonchev–Trinajstić information content (AvgIpc) is 2.43. The second-order valence-corrected chi connectivity index (χ2v) is 4.49. The Labute approximate surface area is 95.9 Å². The minimum absolute atomic E-state index is 0.0892. The molecule has 1 aliphatic rings. The van der Waals surface area contributed by atoms with Gasteiger partial charge in [-0.15, -0.1) is 0 Å². The van der Waals surface area contributed by atoms with Crippen molar-refractivity contribution in [2.75, 3.05) is 0 Å². The molecule has 1 aromatic carbocycles. The molecule has 0 fully saturated rings. The van der Waals surface area contributed by atoms with Crippen LogP contribution in [-0.4, -0.2) is 12.1 Å². The summed E-state index contributed by atoms with van der Waals surface area (Å²) >= 11 is 0. The summed E-state index contributed by atoms with van der Waals surface area (Å²) in [6, 6.07) is 6.43. The lowest BCUT2D eigenvalue weighted by Crippen LogP contribution is -2.11. The highest BCUT2D eigenvalue weighted by Crippen LogP contribution is 2.18. The van der Waals surface area contributed by atoms with Gasteiger partial charge in [-0.05, 0) is 32.4 Å². The van der Waals surface area contributed by atoms with Crippen molar-refractivity contribution in [3.05, 3.63) is 46.5 Å². The zero-order valence-electron chi connectivity index (χ0n) is 9.91. The SMILES string of the molecule is CC1=CC(Cc2cc(C)cc(C)c2)OC1=O. The van der Waals surface area contributed by atoms with Crippen molar-refractivity contribution in [3.63, 3.8) is 0 Å². The normalized spacial score (nSPS) is 19.6. The second kappa shape index (κ2) is 4.12. The van der Waals surface area contributed by atoms with Crippen molar-refractivity contribution >= 4 is 5.97 Å². The van der Waals surface area contributed by atoms with Gasteiger partial charge in [0.05, 0.1) is 0 Å². The average molecular weight is 216 g/mol. The second-order valence-electron chi connectivity index (χ2n) is 4.49. The van der Waals surface area contributed by atoms with E-state index in [1.165, 1.54) is 16.7 Å². The summed E-state index contributed by atoms with van der Waals surface area (Å²) in [4.78, 5) is 11.2. The van der Waals surface area contributed by atoms with E-state index in [9.17, 15) is 4.79 Å². The molecule has 0 aromatic heterocycles. The van der Waals surface area contributed by atoms with E-state index in [2.05, 4.69) is 32.0 Å². The molecule has 2 heteroatoms. The number of carbonyl (C=O) groups is 1. The van der Waals surface area contributed by atoms with E-state index < -0.39 is 0 Å². The maximum absolute atomic E-state index is 11.2. The van der Waals surface area contributed by atoms with E-state index in [-0.39, 0.29) is 12.1 Å². The number of rotatable bonds is 2. The van der Waals surface area contributed by atoms with Crippen LogP contribution in [-0.2, 0) is 16.0 Å². The van der Waals surface area contributed by atoms with Gasteiger partial charge in [0.1, 0.15) is 6.10 Å². The molecular weight excluding hydrogens is 200 g/mol. The minimum Gasteiger partial charge on any atom is -0.454 e. The molecule has 1 heterocycles. The lowest BCUT2D eigenvalue weighted by atomic mass is 10.0. The summed E-state index contributed by atoms with van der Waals surface area (Å²) in [7, 11) is 0. The minimum atomic E-state index is -0.186. The van der Waals surface area contributed by atoms with Crippen LogP contribution in [0.1, 0.15) is 23.6 Å². The van der Waals surface area contributed by atoms with Crippen LogP contribution in [0.5, 0.6) is 0 Å². The molecule has 0 amide bonds. The van der Waals surface area contributed by atoms with E-state index in [1.807, 2.05) is 6.08 Å². The van der Waals surface area contributed by atoms with Crippen LogP contribution in [0.2, 0.25) is 0 Å². The van der Waals surface area contributed by atoms with Crippen molar-refractivity contribution in [2.45, 2.75) is 33.3 Å². The van der Waals surface area contributed by atoms with Crippen molar-refractivity contribution < 1.29 is 9.53 Å². The first kappa shape index (κ1) is 10.9. The number of carbonyl (C=O) groups excluding carboxylic acids is 1. The van der Waals surface area contributed by atoms with Crippen molar-refractivity contribution in [3.8, 4) is 0 Å². The monoisotopic (exact) mass is 216 g/mol. The highest BCUT2D eigenvalue weighted by Gasteiger charge is 2.22. The molecule has 1 unspecified atom stereocenters. The van der Waals surface area contributed by atoms with E-state index in [0.29, 0.717) is 0 Å². The van der Waals surface area contributed by atoms with Crippen LogP contribution in [0, 0.1) is 13.8 Å². The molecule has 1 atom stereocenters. The number of hydrogen-bond acceptors (Lipinski definition) is 2. The lowest BCUT2D eigenvalue weighted by molar-refractivity contribution is -0.139. The van der Waals surface area contributed by atoms with Gasteiger partial charge in [0.25, 0.3) is 0 Å². The Bertz CT molecular complexity index is 438. The molecular formula is C14H16O2. The van der Waals surface area contributed by atoms with E-state index in [4.69, 9.17) is 4.74 Å². The van der Waals surface area contributed by atoms with Crippen LogP contribution in [0.4, 0.5) is 0 Å². The lowest BCUT2D eigenvalue weighted by Gasteiger charge is -2.09. The first-order valence-corrected chi connectivity index (χ1v) is 5.51. The Morgan fingerprint density at radius 1 is 1.12 bits per heavy atom. The predicted molar refractivity (Wildman–Crippen MR) is 63.3 cm³/mol. The summed E-state index contributed by atoms with van der Waals surface area (Å²) in [5, 5.41) is 0. The summed E-state index contributed by atoms with van der Waals surface area (Å²) in [6.45, 7) is 5.96. The third-order valence-electron chi connectivity index (χ3n) is 2.73. The molecule has 0 N–H and O–H groups in total. The van der Waals surface area contributed by atoms with E-state index in [0.717, 1.165) is 12.0 Å². The number of aryl methyl sites for hydroxylation is 2. The summed E-state index contributed by atoms with van der Waals surface area (Å²) in [5.74, 6) is -0.186. The van der Waals surface area contributed by atoms with Crippen molar-refractivity contribution in [1.29, 1.82) is 0 Å². The quantitative estimate of drug-likeness (QED) is 0.710. The predicted octanol–water partition coefficient (Wildman–Crippen LogP) is 2.72. The molecule has 2 rings (SSSR count). The molecule has 0 saturated heterocycles. The Kier molecular flexibility index (Phi) is 2.82. The molecule has 0 spiro atoms. The van der Waals surface area contributed by atoms with Gasteiger partial charge in [-0.1, -0.05) is 29.3 Å². The van der Waals surface area contributed by atoms with Gasteiger partial charge in [-0.25, -0.2) is 4.79 Å². The topological polar surface area (TPSA) is 26.3 Å². The largest absolute Gasteiger partial charge is 0.454 e. The van der Waals surface area contributed by atoms with Crippen LogP contribution in [0.25, 0.3) is 0 Å². The zero-order chi connectivity index (χ0) is 11.7. The Hall–Kier alpha value is -1.57. The van der Waals surface area contributed by atoms with Crippen LogP contribution in [0.15, 0.2) is 29.8 Å². The standard InChI is InChI=1S/C14H16O2/c1-9-4-10(2)6-12(5-9)8-13-7-11(3)14(15)16-13/h4-7,13H,8H2,1-3H3. The number of esters is 1. The third-order valence-corrected chi connectivity index (χ3v) is 2.73. The van der Waals surface area contributed by atoms with Gasteiger partial charge < -0.3 is 4.74 Å². The van der Waals surface area contributed by atoms with E-state index in [1.54, 1.807) is 6.92 Å². The molecule has 0 aliphatic carbocycles. The van der Waals surface area contributed by atoms with Crippen LogP contribution in [0.3, 0.4) is 0 Å². The van der Waals surface area contributed by atoms with Crippen LogP contribution < -0.4 is 0 Å². The number of benzene rings is 1. The summed E-state index contributed by atoms with van der Waals surface area (Å²) < 4.78 is 5.23. The van der Waals surface area contributed by atoms with Crippen LogP contribution >= 0.6 is 0 Å². The maximum atomic E-state index is 11.2. The molecule has 0 saturated carbocycles. The number of ether oxygens (including phenoxy) is 1. The summed E-state index contributed by atoms with van der Waals surface area (Å²) in [5.41, 5.74) is 4.44. The van der Waals surface area contributed by atoms with Crippen molar-refractivity contribution in [2.24, 2.45) is 0 Å². The first-order valence-electron chi connectivity index (χ1n) is 5.51. The fourth-order valence-corrected chi connectivity index (χ4v) is 2.13. The Balaban J connectivity index is 2.13. The number of cyclic esters (lactones) is 1. The molecule has 0 radical (unpaired) electrons. The third kappa shape index (κ3) is 2.32. The molecule has 2 nitrogen and oxygen atoms in total. The van der Waals surface area contributed by atoms with Gasteiger partial charge in [0.2, 0.25) is 0 Å². The van der Waals surface area contributed by atoms with Gasteiger partial charge in [0.15, 0.2) is 0 Å². The molecule has 84 valence electrons.